The molecule has 0 atom stereocenters. The van der Waals surface area contributed by atoms with Crippen LogP contribution in [0.25, 0.3) is 0 Å². The summed E-state index contributed by atoms with van der Waals surface area (Å²) in [5.74, 6) is -0.234. The van der Waals surface area contributed by atoms with Gasteiger partial charge in [-0.1, -0.05) is 0 Å². The van der Waals surface area contributed by atoms with Crippen molar-refractivity contribution in [3.63, 3.8) is 0 Å². The maximum Gasteiger partial charge on any atom is 0.253 e. The first-order valence-corrected chi connectivity index (χ1v) is 9.24. The second kappa shape index (κ2) is 6.97. The first-order chi connectivity index (χ1) is 11.5. The number of nitrogens with zero attached hydrogens (tertiary/aromatic N) is 4. The summed E-state index contributed by atoms with van der Waals surface area (Å²) in [6.07, 6.45) is 3.54. The van der Waals surface area contributed by atoms with Crippen LogP contribution in [0.5, 0.6) is 0 Å². The van der Waals surface area contributed by atoms with Gasteiger partial charge in [0.2, 0.25) is 10.0 Å². The molecule has 2 rings (SSSR count). The minimum absolute atomic E-state index is 0.163. The van der Waals surface area contributed by atoms with E-state index in [0.29, 0.717) is 17.7 Å². The van der Waals surface area contributed by atoms with Gasteiger partial charge in [-0.15, -0.1) is 0 Å². The molecule has 1 heterocycles. The highest BCUT2D eigenvalue weighted by Gasteiger charge is 2.24. The van der Waals surface area contributed by atoms with E-state index in [-0.39, 0.29) is 10.8 Å². The van der Waals surface area contributed by atoms with Gasteiger partial charge < -0.3 is 4.90 Å². The largest absolute Gasteiger partial charge is 0.337 e. The van der Waals surface area contributed by atoms with Crippen LogP contribution in [-0.2, 0) is 23.6 Å². The van der Waals surface area contributed by atoms with Crippen molar-refractivity contribution in [2.75, 3.05) is 21.1 Å². The molecule has 0 spiro atoms. The normalized spacial score (nSPS) is 11.8. The van der Waals surface area contributed by atoms with Gasteiger partial charge in [0.15, 0.2) is 0 Å². The zero-order valence-corrected chi connectivity index (χ0v) is 16.3. The Kier molecular flexibility index (Phi) is 5.34. The van der Waals surface area contributed by atoms with Crippen LogP contribution in [0.3, 0.4) is 0 Å². The van der Waals surface area contributed by atoms with Crippen molar-refractivity contribution >= 4 is 15.9 Å². The van der Waals surface area contributed by atoms with Crippen molar-refractivity contribution in [2.45, 2.75) is 25.3 Å². The molecule has 0 radical (unpaired) electrons. The van der Waals surface area contributed by atoms with Crippen molar-refractivity contribution in [1.29, 1.82) is 0 Å². The quantitative estimate of drug-likeness (QED) is 0.807. The molecule has 0 aliphatic carbocycles. The third-order valence-electron chi connectivity index (χ3n) is 4.15. The fourth-order valence-corrected chi connectivity index (χ4v) is 3.75. The molecule has 0 bridgehead atoms. The molecule has 0 N–H and O–H groups in total. The molecule has 136 valence electrons. The van der Waals surface area contributed by atoms with Crippen LogP contribution in [0.1, 0.15) is 27.0 Å². The third-order valence-corrected chi connectivity index (χ3v) is 6.09. The zero-order valence-electron chi connectivity index (χ0n) is 15.4. The van der Waals surface area contributed by atoms with Crippen LogP contribution in [0.15, 0.2) is 29.4 Å². The zero-order chi connectivity index (χ0) is 18.9. The smallest absolute Gasteiger partial charge is 0.253 e. The van der Waals surface area contributed by atoms with Crippen LogP contribution in [-0.4, -0.2) is 54.5 Å². The summed E-state index contributed by atoms with van der Waals surface area (Å²) in [6.45, 7) is 3.95. The Balaban J connectivity index is 2.38. The highest BCUT2D eigenvalue weighted by atomic mass is 32.2. The van der Waals surface area contributed by atoms with Crippen LogP contribution in [0.4, 0.5) is 0 Å². The first kappa shape index (κ1) is 19.1. The average molecular weight is 364 g/mol. The number of amides is 1. The molecule has 0 aliphatic rings. The molecule has 0 aliphatic heterocycles. The van der Waals surface area contributed by atoms with E-state index in [9.17, 15) is 13.2 Å². The minimum Gasteiger partial charge on any atom is -0.337 e. The second-order valence-electron chi connectivity index (χ2n) is 6.39. The summed E-state index contributed by atoms with van der Waals surface area (Å²) < 4.78 is 27.9. The molecule has 2 aromatic rings. The summed E-state index contributed by atoms with van der Waals surface area (Å²) in [4.78, 5) is 14.5. The van der Waals surface area contributed by atoms with E-state index in [4.69, 9.17) is 0 Å². The molecule has 0 saturated carbocycles. The van der Waals surface area contributed by atoms with E-state index < -0.39 is 10.0 Å². The number of hydrogen-bond donors (Lipinski definition) is 0. The predicted octanol–water partition coefficient (Wildman–Crippen LogP) is 1.56. The van der Waals surface area contributed by atoms with Gasteiger partial charge in [0, 0.05) is 52.1 Å². The lowest BCUT2D eigenvalue weighted by atomic mass is 10.1. The van der Waals surface area contributed by atoms with Crippen LogP contribution in [0, 0.1) is 13.8 Å². The number of rotatable bonds is 5. The Morgan fingerprint density at radius 2 is 1.84 bits per heavy atom. The molecule has 8 heteroatoms. The highest BCUT2D eigenvalue weighted by molar-refractivity contribution is 7.89. The lowest BCUT2D eigenvalue weighted by molar-refractivity contribution is 0.0784. The van der Waals surface area contributed by atoms with Crippen LogP contribution >= 0.6 is 0 Å². The van der Waals surface area contributed by atoms with E-state index in [1.165, 1.54) is 20.2 Å². The van der Waals surface area contributed by atoms with E-state index in [2.05, 4.69) is 5.10 Å². The molecule has 0 fully saturated rings. The van der Waals surface area contributed by atoms with Gasteiger partial charge in [-0.3, -0.25) is 9.48 Å². The standard InChI is InChI=1S/C17H24N4O3S/c1-12-7-15(8-16(13(12)2)25(23,24)19(3)4)17(22)20(5)10-14-9-18-21(6)11-14/h7-9,11H,10H2,1-6H3. The van der Waals surface area contributed by atoms with Gasteiger partial charge in [-0.2, -0.15) is 5.10 Å². The van der Waals surface area contributed by atoms with Gasteiger partial charge in [0.25, 0.3) is 5.91 Å². The molecule has 1 amide bonds. The SMILES string of the molecule is Cc1cc(C(=O)N(C)Cc2cnn(C)c2)cc(S(=O)(=O)N(C)C)c1C. The van der Waals surface area contributed by atoms with Crippen LogP contribution < -0.4 is 0 Å². The number of sulfonamides is 1. The molecule has 7 nitrogen and oxygen atoms in total. The molecule has 1 aromatic heterocycles. The molecular formula is C17H24N4O3S. The van der Waals surface area contributed by atoms with Gasteiger partial charge in [0.1, 0.15) is 0 Å². The number of hydrogen-bond acceptors (Lipinski definition) is 4. The van der Waals surface area contributed by atoms with Crippen molar-refractivity contribution in [3.8, 4) is 0 Å². The topological polar surface area (TPSA) is 75.5 Å². The molecular weight excluding hydrogens is 340 g/mol. The number of aromatic nitrogens is 2. The lowest BCUT2D eigenvalue weighted by Crippen LogP contribution is -2.27. The average Bonchev–Trinajstić information content (AvgIpc) is 2.93. The fraction of sp³-hybridized carbons (Fsp3) is 0.412. The van der Waals surface area contributed by atoms with E-state index in [0.717, 1.165) is 15.4 Å². The molecule has 25 heavy (non-hydrogen) atoms. The number of carbonyl (C=O) groups excluding carboxylic acids is 1. The monoisotopic (exact) mass is 364 g/mol. The van der Waals surface area contributed by atoms with Crippen molar-refractivity contribution in [2.24, 2.45) is 7.05 Å². The minimum atomic E-state index is -3.62. The fourth-order valence-electron chi connectivity index (χ4n) is 2.53. The summed E-state index contributed by atoms with van der Waals surface area (Å²) >= 11 is 0. The van der Waals surface area contributed by atoms with Gasteiger partial charge in [-0.25, -0.2) is 12.7 Å². The third kappa shape index (κ3) is 3.91. The van der Waals surface area contributed by atoms with Crippen LogP contribution in [0.2, 0.25) is 0 Å². The van der Waals surface area contributed by atoms with Gasteiger partial charge >= 0.3 is 0 Å². The lowest BCUT2D eigenvalue weighted by Gasteiger charge is -2.20. The molecule has 0 unspecified atom stereocenters. The Morgan fingerprint density at radius 3 is 2.36 bits per heavy atom. The summed E-state index contributed by atoms with van der Waals surface area (Å²) in [5.41, 5.74) is 2.68. The van der Waals surface area contributed by atoms with E-state index >= 15 is 0 Å². The first-order valence-electron chi connectivity index (χ1n) is 7.80. The van der Waals surface area contributed by atoms with Crippen molar-refractivity contribution in [3.05, 3.63) is 46.8 Å². The van der Waals surface area contributed by atoms with E-state index in [1.807, 2.05) is 20.2 Å². The summed E-state index contributed by atoms with van der Waals surface area (Å²) in [5, 5.41) is 4.09. The number of benzene rings is 1. The maximum absolute atomic E-state index is 12.8. The predicted molar refractivity (Wildman–Crippen MR) is 95.8 cm³/mol. The molecule has 0 saturated heterocycles. The van der Waals surface area contributed by atoms with Crippen molar-refractivity contribution in [1.82, 2.24) is 19.0 Å². The Labute approximate surface area is 148 Å². The summed E-state index contributed by atoms with van der Waals surface area (Å²) in [7, 11) is 2.84. The Morgan fingerprint density at radius 1 is 1.20 bits per heavy atom. The van der Waals surface area contributed by atoms with Crippen molar-refractivity contribution < 1.29 is 13.2 Å². The highest BCUT2D eigenvalue weighted by Crippen LogP contribution is 2.24. The number of carbonyl (C=O) groups is 1. The van der Waals surface area contributed by atoms with Gasteiger partial charge in [-0.05, 0) is 37.1 Å². The second-order valence-corrected chi connectivity index (χ2v) is 8.51. The van der Waals surface area contributed by atoms with E-state index in [1.54, 1.807) is 35.8 Å². The number of aryl methyl sites for hydroxylation is 2. The Bertz CT molecular complexity index is 901. The maximum atomic E-state index is 12.8. The van der Waals surface area contributed by atoms with Gasteiger partial charge in [0.05, 0.1) is 11.1 Å². The Hall–Kier alpha value is -2.19. The molecule has 1 aromatic carbocycles. The summed E-state index contributed by atoms with van der Waals surface area (Å²) in [6, 6.07) is 3.19.